The van der Waals surface area contributed by atoms with Crippen LogP contribution in [-0.4, -0.2) is 30.4 Å². The second-order valence-corrected chi connectivity index (χ2v) is 5.28. The van der Waals surface area contributed by atoms with Crippen LogP contribution in [0.3, 0.4) is 0 Å². The molecule has 0 heterocycles. The van der Waals surface area contributed by atoms with Crippen LogP contribution >= 0.6 is 0 Å². The SMILES string of the molecule is Cc1ccc(C)c(OCC(O)CNC2CC=CC2)c1. The highest BCUT2D eigenvalue weighted by atomic mass is 16.5. The highest BCUT2D eigenvalue weighted by Gasteiger charge is 2.12. The van der Waals surface area contributed by atoms with Gasteiger partial charge in [-0.25, -0.2) is 0 Å². The van der Waals surface area contributed by atoms with Gasteiger partial charge in [-0.15, -0.1) is 0 Å². The van der Waals surface area contributed by atoms with Crippen molar-refractivity contribution >= 4 is 0 Å². The van der Waals surface area contributed by atoms with Gasteiger partial charge in [-0.2, -0.15) is 0 Å². The molecule has 19 heavy (non-hydrogen) atoms. The molecule has 0 fully saturated rings. The van der Waals surface area contributed by atoms with E-state index in [1.165, 1.54) is 5.56 Å². The molecule has 1 aromatic rings. The predicted molar refractivity (Wildman–Crippen MR) is 77.6 cm³/mol. The summed E-state index contributed by atoms with van der Waals surface area (Å²) in [4.78, 5) is 0. The number of hydrogen-bond acceptors (Lipinski definition) is 3. The maximum atomic E-state index is 9.92. The molecule has 0 spiro atoms. The average molecular weight is 261 g/mol. The van der Waals surface area contributed by atoms with Gasteiger partial charge >= 0.3 is 0 Å². The van der Waals surface area contributed by atoms with Crippen LogP contribution in [0.1, 0.15) is 24.0 Å². The first-order chi connectivity index (χ1) is 9.15. The fourth-order valence-corrected chi connectivity index (χ4v) is 2.19. The Balaban J connectivity index is 1.73. The van der Waals surface area contributed by atoms with Gasteiger partial charge < -0.3 is 15.2 Å². The lowest BCUT2D eigenvalue weighted by Gasteiger charge is -2.17. The van der Waals surface area contributed by atoms with E-state index in [4.69, 9.17) is 4.74 Å². The Morgan fingerprint density at radius 2 is 2.05 bits per heavy atom. The van der Waals surface area contributed by atoms with E-state index >= 15 is 0 Å². The zero-order valence-corrected chi connectivity index (χ0v) is 11.7. The van der Waals surface area contributed by atoms with E-state index < -0.39 is 6.10 Å². The molecule has 1 aromatic carbocycles. The number of ether oxygens (including phenoxy) is 1. The molecular weight excluding hydrogens is 238 g/mol. The van der Waals surface area contributed by atoms with Crippen LogP contribution in [0.25, 0.3) is 0 Å². The van der Waals surface area contributed by atoms with Crippen molar-refractivity contribution < 1.29 is 9.84 Å². The fourth-order valence-electron chi connectivity index (χ4n) is 2.19. The molecule has 0 saturated heterocycles. The van der Waals surface area contributed by atoms with Crippen LogP contribution in [-0.2, 0) is 0 Å². The summed E-state index contributed by atoms with van der Waals surface area (Å²) in [5.74, 6) is 0.863. The monoisotopic (exact) mass is 261 g/mol. The third-order valence-corrected chi connectivity index (χ3v) is 3.42. The Hall–Kier alpha value is -1.32. The molecule has 0 aliphatic heterocycles. The van der Waals surface area contributed by atoms with E-state index in [9.17, 15) is 5.11 Å². The molecule has 3 nitrogen and oxygen atoms in total. The maximum absolute atomic E-state index is 9.92. The van der Waals surface area contributed by atoms with Gasteiger partial charge in [0.1, 0.15) is 18.5 Å². The molecule has 2 rings (SSSR count). The molecule has 104 valence electrons. The zero-order chi connectivity index (χ0) is 13.7. The number of hydrogen-bond donors (Lipinski definition) is 2. The van der Waals surface area contributed by atoms with Crippen molar-refractivity contribution in [2.75, 3.05) is 13.2 Å². The van der Waals surface area contributed by atoms with Crippen LogP contribution < -0.4 is 10.1 Å². The summed E-state index contributed by atoms with van der Waals surface area (Å²) in [6, 6.07) is 6.60. The lowest BCUT2D eigenvalue weighted by molar-refractivity contribution is 0.103. The number of nitrogens with one attached hydrogen (secondary N) is 1. The second-order valence-electron chi connectivity index (χ2n) is 5.28. The molecule has 1 aliphatic rings. The topological polar surface area (TPSA) is 41.5 Å². The van der Waals surface area contributed by atoms with Crippen molar-refractivity contribution in [3.63, 3.8) is 0 Å². The minimum absolute atomic E-state index is 0.331. The highest BCUT2D eigenvalue weighted by Crippen LogP contribution is 2.19. The van der Waals surface area contributed by atoms with Crippen LogP contribution in [0, 0.1) is 13.8 Å². The predicted octanol–water partition coefficient (Wildman–Crippen LogP) is 2.35. The number of rotatable bonds is 6. The van der Waals surface area contributed by atoms with Gasteiger partial charge in [0.2, 0.25) is 0 Å². The summed E-state index contributed by atoms with van der Waals surface area (Å²) in [6.07, 6.45) is 6.00. The summed E-state index contributed by atoms with van der Waals surface area (Å²) >= 11 is 0. The number of benzene rings is 1. The molecule has 0 bridgehead atoms. The summed E-state index contributed by atoms with van der Waals surface area (Å²) in [5, 5.41) is 13.3. The van der Waals surface area contributed by atoms with Gasteiger partial charge in [-0.1, -0.05) is 24.3 Å². The smallest absolute Gasteiger partial charge is 0.122 e. The summed E-state index contributed by atoms with van der Waals surface area (Å²) in [5.41, 5.74) is 2.27. The number of aliphatic hydroxyl groups is 1. The highest BCUT2D eigenvalue weighted by molar-refractivity contribution is 5.35. The molecule has 1 unspecified atom stereocenters. The maximum Gasteiger partial charge on any atom is 0.122 e. The van der Waals surface area contributed by atoms with Gasteiger partial charge in [-0.05, 0) is 43.9 Å². The van der Waals surface area contributed by atoms with E-state index in [0.29, 0.717) is 19.2 Å². The first-order valence-electron chi connectivity index (χ1n) is 6.91. The first-order valence-corrected chi connectivity index (χ1v) is 6.91. The minimum atomic E-state index is -0.472. The van der Waals surface area contributed by atoms with E-state index in [-0.39, 0.29) is 0 Å². The first kappa shape index (κ1) is 14.1. The van der Waals surface area contributed by atoms with E-state index in [0.717, 1.165) is 24.2 Å². The molecule has 0 radical (unpaired) electrons. The van der Waals surface area contributed by atoms with Crippen LogP contribution in [0.15, 0.2) is 30.4 Å². The van der Waals surface area contributed by atoms with Crippen molar-refractivity contribution in [1.29, 1.82) is 0 Å². The van der Waals surface area contributed by atoms with Crippen molar-refractivity contribution in [2.24, 2.45) is 0 Å². The van der Waals surface area contributed by atoms with E-state index in [1.54, 1.807) is 0 Å². The molecular formula is C16H23NO2. The zero-order valence-electron chi connectivity index (χ0n) is 11.7. The third-order valence-electron chi connectivity index (χ3n) is 3.42. The Labute approximate surface area is 115 Å². The molecule has 0 amide bonds. The molecule has 3 heteroatoms. The van der Waals surface area contributed by atoms with Crippen LogP contribution in [0.2, 0.25) is 0 Å². The van der Waals surface area contributed by atoms with Gasteiger partial charge in [0.25, 0.3) is 0 Å². The van der Waals surface area contributed by atoms with Gasteiger partial charge in [-0.3, -0.25) is 0 Å². The Kier molecular flexibility index (Phi) is 5.00. The van der Waals surface area contributed by atoms with Crippen LogP contribution in [0.4, 0.5) is 0 Å². The minimum Gasteiger partial charge on any atom is -0.491 e. The lowest BCUT2D eigenvalue weighted by atomic mass is 10.1. The van der Waals surface area contributed by atoms with Crippen molar-refractivity contribution in [2.45, 2.75) is 38.8 Å². The van der Waals surface area contributed by atoms with Gasteiger partial charge in [0.15, 0.2) is 0 Å². The van der Waals surface area contributed by atoms with E-state index in [1.807, 2.05) is 26.0 Å². The van der Waals surface area contributed by atoms with Crippen molar-refractivity contribution in [1.82, 2.24) is 5.32 Å². The Bertz CT molecular complexity index is 434. The van der Waals surface area contributed by atoms with Gasteiger partial charge in [0.05, 0.1) is 0 Å². The summed E-state index contributed by atoms with van der Waals surface area (Å²) in [6.45, 7) is 4.97. The molecule has 0 saturated carbocycles. The Morgan fingerprint density at radius 3 is 2.79 bits per heavy atom. The standard InChI is InChI=1S/C16H23NO2/c1-12-7-8-13(2)16(9-12)19-11-15(18)10-17-14-5-3-4-6-14/h3-4,7-9,14-15,17-18H,5-6,10-11H2,1-2H3. The van der Waals surface area contributed by atoms with E-state index in [2.05, 4.69) is 23.5 Å². The van der Waals surface area contributed by atoms with Gasteiger partial charge in [0, 0.05) is 12.6 Å². The molecule has 0 aromatic heterocycles. The third kappa shape index (κ3) is 4.37. The number of aryl methyl sites for hydroxylation is 2. The summed E-state index contributed by atoms with van der Waals surface area (Å²) in [7, 11) is 0. The molecule has 1 aliphatic carbocycles. The quantitative estimate of drug-likeness (QED) is 0.772. The molecule has 2 N–H and O–H groups in total. The largest absolute Gasteiger partial charge is 0.491 e. The lowest BCUT2D eigenvalue weighted by Crippen LogP contribution is -2.36. The summed E-state index contributed by atoms with van der Waals surface area (Å²) < 4.78 is 5.69. The Morgan fingerprint density at radius 1 is 1.32 bits per heavy atom. The average Bonchev–Trinajstić information content (AvgIpc) is 2.90. The van der Waals surface area contributed by atoms with Crippen molar-refractivity contribution in [3.8, 4) is 5.75 Å². The number of aliphatic hydroxyl groups excluding tert-OH is 1. The normalized spacial score (nSPS) is 16.8. The molecule has 1 atom stereocenters. The van der Waals surface area contributed by atoms with Crippen LogP contribution in [0.5, 0.6) is 5.75 Å². The fraction of sp³-hybridized carbons (Fsp3) is 0.500. The second kappa shape index (κ2) is 6.73. The van der Waals surface area contributed by atoms with Crippen molar-refractivity contribution in [3.05, 3.63) is 41.5 Å².